The minimum atomic E-state index is -0.405. The van der Waals surface area contributed by atoms with E-state index in [1.807, 2.05) is 0 Å². The molecule has 146 valence electrons. The van der Waals surface area contributed by atoms with E-state index in [0.717, 1.165) is 0 Å². The molecule has 0 radical (unpaired) electrons. The fraction of sp³-hybridized carbons (Fsp3) is 0.0500. The molecule has 1 amide bonds. The number of carbonyl (C=O) groups excluding carboxylic acids is 1. The summed E-state index contributed by atoms with van der Waals surface area (Å²) in [5, 5.41) is 5.86. The number of rotatable bonds is 5. The van der Waals surface area contributed by atoms with Crippen LogP contribution in [0.5, 0.6) is 11.5 Å². The molecule has 0 aliphatic rings. The maximum atomic E-state index is 13.4. The third kappa shape index (κ3) is 4.12. The Balaban J connectivity index is 1.57. The van der Waals surface area contributed by atoms with Crippen molar-refractivity contribution in [3.63, 3.8) is 0 Å². The van der Waals surface area contributed by atoms with Gasteiger partial charge in [0, 0.05) is 25.4 Å². The number of imidazole rings is 1. The highest BCUT2D eigenvalue weighted by Gasteiger charge is 2.10. The van der Waals surface area contributed by atoms with Crippen LogP contribution in [-0.2, 0) is 0 Å². The summed E-state index contributed by atoms with van der Waals surface area (Å²) in [4.78, 5) is 23.2. The summed E-state index contributed by atoms with van der Waals surface area (Å²) in [6, 6.07) is 12.5. The van der Waals surface area contributed by atoms with Gasteiger partial charge in [0.05, 0.1) is 21.7 Å². The summed E-state index contributed by atoms with van der Waals surface area (Å²) >= 11 is 6.08. The topological polar surface area (TPSA) is 91.9 Å². The predicted molar refractivity (Wildman–Crippen MR) is 108 cm³/mol. The first-order valence-electron chi connectivity index (χ1n) is 8.59. The quantitative estimate of drug-likeness (QED) is 0.444. The van der Waals surface area contributed by atoms with Crippen molar-refractivity contribution in [2.75, 3.05) is 12.4 Å². The van der Waals surface area contributed by atoms with Gasteiger partial charge in [-0.3, -0.25) is 9.78 Å². The molecule has 4 rings (SSSR count). The molecule has 0 fully saturated rings. The maximum Gasteiger partial charge on any atom is 0.269 e. The lowest BCUT2D eigenvalue weighted by molar-refractivity contribution is 0.0958. The van der Waals surface area contributed by atoms with Crippen molar-refractivity contribution < 1.29 is 13.9 Å². The highest BCUT2D eigenvalue weighted by molar-refractivity contribution is 6.33. The molecule has 4 aromatic rings. The number of amides is 1. The number of anilines is 2. The second-order valence-electron chi connectivity index (χ2n) is 6.07. The van der Waals surface area contributed by atoms with E-state index in [4.69, 9.17) is 16.3 Å². The van der Waals surface area contributed by atoms with Crippen LogP contribution < -0.4 is 15.4 Å². The molecule has 0 saturated carbocycles. The van der Waals surface area contributed by atoms with Crippen LogP contribution in [0.2, 0.25) is 5.02 Å². The Morgan fingerprint density at radius 2 is 1.97 bits per heavy atom. The van der Waals surface area contributed by atoms with Gasteiger partial charge in [-0.2, -0.15) is 0 Å². The predicted octanol–water partition coefficient (Wildman–Crippen LogP) is 4.65. The van der Waals surface area contributed by atoms with Crippen LogP contribution in [0, 0.1) is 5.82 Å². The molecule has 2 heterocycles. The standard InChI is InChI=1S/C20H15ClFN5O2/c1-23-19(28)18-10-13(6-7-24-18)29-12-3-5-15-17(9-12)27-20(25-15)26-16-8-11(22)2-4-14(16)21/h2-10H,1H3,(H,23,28)(H2,25,26,27). The fourth-order valence-corrected chi connectivity index (χ4v) is 2.86. The number of aromatic nitrogens is 3. The van der Waals surface area contributed by atoms with E-state index < -0.39 is 5.82 Å². The Bertz CT molecular complexity index is 1210. The van der Waals surface area contributed by atoms with Crippen LogP contribution in [0.15, 0.2) is 54.7 Å². The molecular weight excluding hydrogens is 397 g/mol. The van der Waals surface area contributed by atoms with E-state index in [-0.39, 0.29) is 11.6 Å². The van der Waals surface area contributed by atoms with Gasteiger partial charge in [0.1, 0.15) is 23.0 Å². The Hall–Kier alpha value is -3.65. The molecule has 29 heavy (non-hydrogen) atoms. The van der Waals surface area contributed by atoms with Crippen LogP contribution in [0.3, 0.4) is 0 Å². The Morgan fingerprint density at radius 3 is 2.79 bits per heavy atom. The fourth-order valence-electron chi connectivity index (χ4n) is 2.70. The number of ether oxygens (including phenoxy) is 1. The molecule has 0 saturated heterocycles. The number of pyridine rings is 1. The van der Waals surface area contributed by atoms with E-state index in [2.05, 4.69) is 25.6 Å². The molecular formula is C20H15ClFN5O2. The third-order valence-electron chi connectivity index (χ3n) is 4.06. The van der Waals surface area contributed by atoms with E-state index in [0.29, 0.717) is 39.2 Å². The molecule has 9 heteroatoms. The van der Waals surface area contributed by atoms with Crippen LogP contribution >= 0.6 is 11.6 Å². The molecule has 0 unspecified atom stereocenters. The van der Waals surface area contributed by atoms with Gasteiger partial charge in [-0.05, 0) is 36.4 Å². The van der Waals surface area contributed by atoms with Gasteiger partial charge in [0.2, 0.25) is 5.95 Å². The number of hydrogen-bond donors (Lipinski definition) is 3. The van der Waals surface area contributed by atoms with Gasteiger partial charge >= 0.3 is 0 Å². The first-order valence-corrected chi connectivity index (χ1v) is 8.97. The van der Waals surface area contributed by atoms with Crippen molar-refractivity contribution in [1.29, 1.82) is 0 Å². The lowest BCUT2D eigenvalue weighted by atomic mass is 10.3. The van der Waals surface area contributed by atoms with E-state index in [1.165, 1.54) is 31.4 Å². The number of aromatic amines is 1. The Morgan fingerprint density at radius 1 is 1.14 bits per heavy atom. The number of halogens is 2. The summed E-state index contributed by atoms with van der Waals surface area (Å²) in [5.41, 5.74) is 2.05. The smallest absolute Gasteiger partial charge is 0.269 e. The summed E-state index contributed by atoms with van der Waals surface area (Å²) in [6.07, 6.45) is 1.50. The normalized spacial score (nSPS) is 10.7. The average molecular weight is 412 g/mol. The molecule has 0 atom stereocenters. The molecule has 2 aromatic heterocycles. The van der Waals surface area contributed by atoms with Gasteiger partial charge in [0.15, 0.2) is 0 Å². The number of fused-ring (bicyclic) bond motifs is 1. The summed E-state index contributed by atoms with van der Waals surface area (Å²) in [6.45, 7) is 0. The second kappa shape index (κ2) is 7.76. The summed E-state index contributed by atoms with van der Waals surface area (Å²) in [5.74, 6) is 0.728. The first-order chi connectivity index (χ1) is 14.0. The molecule has 2 aromatic carbocycles. The SMILES string of the molecule is CNC(=O)c1cc(Oc2ccc3nc(Nc4cc(F)ccc4Cl)[nH]c3c2)ccn1. The van der Waals surface area contributed by atoms with Crippen molar-refractivity contribution >= 4 is 40.2 Å². The number of benzene rings is 2. The van der Waals surface area contributed by atoms with E-state index in [1.54, 1.807) is 30.3 Å². The van der Waals surface area contributed by atoms with Crippen molar-refractivity contribution in [3.05, 3.63) is 71.3 Å². The number of H-pyrrole nitrogens is 1. The Kier molecular flexibility index (Phi) is 5.01. The molecule has 0 spiro atoms. The number of hydrogen-bond acceptors (Lipinski definition) is 5. The maximum absolute atomic E-state index is 13.4. The zero-order valence-electron chi connectivity index (χ0n) is 15.2. The van der Waals surface area contributed by atoms with Gasteiger partial charge in [-0.25, -0.2) is 9.37 Å². The van der Waals surface area contributed by atoms with E-state index >= 15 is 0 Å². The third-order valence-corrected chi connectivity index (χ3v) is 4.39. The summed E-state index contributed by atoms with van der Waals surface area (Å²) < 4.78 is 19.3. The second-order valence-corrected chi connectivity index (χ2v) is 6.48. The first kappa shape index (κ1) is 18.7. The van der Waals surface area contributed by atoms with Gasteiger partial charge in [-0.15, -0.1) is 0 Å². The highest BCUT2D eigenvalue weighted by Crippen LogP contribution is 2.28. The molecule has 3 N–H and O–H groups in total. The average Bonchev–Trinajstić information content (AvgIpc) is 3.12. The zero-order valence-corrected chi connectivity index (χ0v) is 15.9. The lowest BCUT2D eigenvalue weighted by Gasteiger charge is -2.06. The summed E-state index contributed by atoms with van der Waals surface area (Å²) in [7, 11) is 1.53. The lowest BCUT2D eigenvalue weighted by Crippen LogP contribution is -2.18. The largest absolute Gasteiger partial charge is 0.457 e. The van der Waals surface area contributed by atoms with E-state index in [9.17, 15) is 9.18 Å². The Labute approximate surface area is 169 Å². The van der Waals surface area contributed by atoms with Crippen molar-refractivity contribution in [2.45, 2.75) is 0 Å². The number of nitrogens with zero attached hydrogens (tertiary/aromatic N) is 2. The van der Waals surface area contributed by atoms with Crippen LogP contribution in [-0.4, -0.2) is 27.9 Å². The number of carbonyl (C=O) groups is 1. The monoisotopic (exact) mass is 411 g/mol. The minimum absolute atomic E-state index is 0.256. The van der Waals surface area contributed by atoms with Crippen molar-refractivity contribution in [1.82, 2.24) is 20.3 Å². The molecule has 0 aliphatic heterocycles. The molecule has 7 nitrogen and oxygen atoms in total. The van der Waals surface area contributed by atoms with Gasteiger partial charge in [-0.1, -0.05) is 11.6 Å². The van der Waals surface area contributed by atoms with Crippen molar-refractivity contribution in [2.24, 2.45) is 0 Å². The number of nitrogens with one attached hydrogen (secondary N) is 3. The zero-order chi connectivity index (χ0) is 20.4. The van der Waals surface area contributed by atoms with Crippen LogP contribution in [0.4, 0.5) is 16.0 Å². The minimum Gasteiger partial charge on any atom is -0.457 e. The van der Waals surface area contributed by atoms with Crippen LogP contribution in [0.1, 0.15) is 10.5 Å². The molecule has 0 bridgehead atoms. The van der Waals surface area contributed by atoms with Gasteiger partial charge in [0.25, 0.3) is 5.91 Å². The van der Waals surface area contributed by atoms with Crippen LogP contribution in [0.25, 0.3) is 11.0 Å². The van der Waals surface area contributed by atoms with Gasteiger partial charge < -0.3 is 20.4 Å². The van der Waals surface area contributed by atoms with Crippen molar-refractivity contribution in [3.8, 4) is 11.5 Å². The highest BCUT2D eigenvalue weighted by atomic mass is 35.5. The molecule has 0 aliphatic carbocycles.